The molecule has 0 fully saturated rings. The number of amides is 1. The fraction of sp³-hybridized carbons (Fsp3) is 0.947. The molecule has 0 aromatic heterocycles. The number of hydrogen-bond donors (Lipinski definition) is 2. The predicted molar refractivity (Wildman–Crippen MR) is 103 cm³/mol. The average molecular weight is 346 g/mol. The van der Waals surface area contributed by atoms with Gasteiger partial charge in [-0.1, -0.05) is 77.6 Å². The zero-order chi connectivity index (χ0) is 17.2. The second-order valence-electron chi connectivity index (χ2n) is 6.59. The summed E-state index contributed by atoms with van der Waals surface area (Å²) in [5.74, 6) is 1.62. The van der Waals surface area contributed by atoms with Gasteiger partial charge in [-0.25, -0.2) is 0 Å². The van der Waals surface area contributed by atoms with E-state index in [4.69, 9.17) is 5.11 Å². The molecule has 0 rings (SSSR count). The summed E-state index contributed by atoms with van der Waals surface area (Å²) >= 11 is 1.70. The van der Waals surface area contributed by atoms with Crippen LogP contribution in [0, 0.1) is 0 Å². The van der Waals surface area contributed by atoms with Crippen molar-refractivity contribution < 1.29 is 9.90 Å². The molecule has 0 aliphatic carbocycles. The molecule has 0 saturated heterocycles. The predicted octanol–water partition coefficient (Wildman–Crippen LogP) is 4.92. The van der Waals surface area contributed by atoms with Crippen molar-refractivity contribution in [1.82, 2.24) is 5.32 Å². The molecule has 0 aliphatic heterocycles. The van der Waals surface area contributed by atoms with Crippen LogP contribution in [-0.2, 0) is 4.79 Å². The largest absolute Gasteiger partial charge is 0.392 e. The maximum absolute atomic E-state index is 11.4. The number of aliphatic hydroxyl groups excluding tert-OH is 1. The Morgan fingerprint density at radius 2 is 1.39 bits per heavy atom. The molecule has 3 nitrogen and oxygen atoms in total. The van der Waals surface area contributed by atoms with E-state index in [0.717, 1.165) is 5.75 Å². The van der Waals surface area contributed by atoms with Gasteiger partial charge in [-0.05, 0) is 19.1 Å². The van der Waals surface area contributed by atoms with Crippen LogP contribution in [0.5, 0.6) is 0 Å². The first-order valence-corrected chi connectivity index (χ1v) is 10.8. The lowest BCUT2D eigenvalue weighted by atomic mass is 10.1. The fourth-order valence-electron chi connectivity index (χ4n) is 2.52. The van der Waals surface area contributed by atoms with E-state index < -0.39 is 6.10 Å². The van der Waals surface area contributed by atoms with Crippen LogP contribution < -0.4 is 5.32 Å². The quantitative estimate of drug-likeness (QED) is 0.368. The Bertz CT molecular complexity index is 260. The first-order chi connectivity index (χ1) is 11.2. The minimum absolute atomic E-state index is 0.0369. The Kier molecular flexibility index (Phi) is 18.0. The van der Waals surface area contributed by atoms with Crippen LogP contribution >= 0.6 is 11.8 Å². The molecule has 1 amide bonds. The van der Waals surface area contributed by atoms with Gasteiger partial charge in [0.2, 0.25) is 5.91 Å². The summed E-state index contributed by atoms with van der Waals surface area (Å²) in [6, 6.07) is 0. The molecule has 0 radical (unpaired) electrons. The molecule has 1 unspecified atom stereocenters. The third kappa shape index (κ3) is 19.7. The van der Waals surface area contributed by atoms with Crippen molar-refractivity contribution in [3.63, 3.8) is 0 Å². The molecule has 0 aromatic rings. The Labute approximate surface area is 148 Å². The molecule has 4 heteroatoms. The zero-order valence-corrected chi connectivity index (χ0v) is 16.3. The molecule has 138 valence electrons. The van der Waals surface area contributed by atoms with Gasteiger partial charge in [0, 0.05) is 6.54 Å². The van der Waals surface area contributed by atoms with Gasteiger partial charge in [-0.2, -0.15) is 11.8 Å². The SMILES string of the molecule is CCCCCCCCCCCCCCSCC(=O)NCC(C)O. The second-order valence-corrected chi connectivity index (χ2v) is 7.70. The number of carbonyl (C=O) groups excluding carboxylic acids is 1. The number of rotatable bonds is 17. The molecule has 0 heterocycles. The number of thioether (sulfide) groups is 1. The Morgan fingerprint density at radius 3 is 1.87 bits per heavy atom. The number of aliphatic hydroxyl groups is 1. The van der Waals surface area contributed by atoms with E-state index in [9.17, 15) is 4.79 Å². The smallest absolute Gasteiger partial charge is 0.230 e. The van der Waals surface area contributed by atoms with Crippen molar-refractivity contribution in [3.8, 4) is 0 Å². The fourth-order valence-corrected chi connectivity index (χ4v) is 3.36. The summed E-state index contributed by atoms with van der Waals surface area (Å²) < 4.78 is 0. The van der Waals surface area contributed by atoms with Crippen molar-refractivity contribution in [2.24, 2.45) is 0 Å². The summed E-state index contributed by atoms with van der Waals surface area (Å²) in [5, 5.41) is 11.8. The minimum Gasteiger partial charge on any atom is -0.392 e. The molecule has 0 aliphatic rings. The van der Waals surface area contributed by atoms with E-state index in [1.165, 1.54) is 77.0 Å². The third-order valence-electron chi connectivity index (χ3n) is 3.97. The summed E-state index contributed by atoms with van der Waals surface area (Å²) in [6.07, 6.45) is 16.0. The van der Waals surface area contributed by atoms with Gasteiger partial charge in [-0.15, -0.1) is 0 Å². The lowest BCUT2D eigenvalue weighted by Gasteiger charge is -2.06. The van der Waals surface area contributed by atoms with Crippen molar-refractivity contribution in [1.29, 1.82) is 0 Å². The van der Waals surface area contributed by atoms with Crippen LogP contribution in [0.4, 0.5) is 0 Å². The van der Waals surface area contributed by atoms with Crippen molar-refractivity contribution >= 4 is 17.7 Å². The summed E-state index contributed by atoms with van der Waals surface area (Å²) in [7, 11) is 0. The first-order valence-electron chi connectivity index (χ1n) is 9.69. The molecule has 0 spiro atoms. The average Bonchev–Trinajstić information content (AvgIpc) is 2.53. The standard InChI is InChI=1S/C19H39NO2S/c1-3-4-5-6-7-8-9-10-11-12-13-14-15-23-17-19(22)20-16-18(2)21/h18,21H,3-17H2,1-2H3,(H,20,22). The van der Waals surface area contributed by atoms with Gasteiger partial charge in [0.05, 0.1) is 11.9 Å². The van der Waals surface area contributed by atoms with E-state index >= 15 is 0 Å². The summed E-state index contributed by atoms with van der Waals surface area (Å²) in [5.41, 5.74) is 0. The highest BCUT2D eigenvalue weighted by Crippen LogP contribution is 2.13. The van der Waals surface area contributed by atoms with Crippen molar-refractivity contribution in [3.05, 3.63) is 0 Å². The summed E-state index contributed by atoms with van der Waals surface area (Å²) in [6.45, 7) is 4.31. The maximum atomic E-state index is 11.4. The summed E-state index contributed by atoms with van der Waals surface area (Å²) in [4.78, 5) is 11.4. The van der Waals surface area contributed by atoms with Gasteiger partial charge in [0.25, 0.3) is 0 Å². The topological polar surface area (TPSA) is 49.3 Å². The van der Waals surface area contributed by atoms with Crippen LogP contribution in [0.15, 0.2) is 0 Å². The van der Waals surface area contributed by atoms with E-state index in [1.54, 1.807) is 18.7 Å². The molecule has 23 heavy (non-hydrogen) atoms. The molecule has 0 saturated carbocycles. The molecule has 1 atom stereocenters. The van der Waals surface area contributed by atoms with E-state index in [1.807, 2.05) is 0 Å². The van der Waals surface area contributed by atoms with Crippen LogP contribution in [0.25, 0.3) is 0 Å². The molecule has 0 bridgehead atoms. The number of hydrogen-bond acceptors (Lipinski definition) is 3. The van der Waals surface area contributed by atoms with Gasteiger partial charge < -0.3 is 10.4 Å². The Balaban J connectivity index is 3.09. The highest BCUT2D eigenvalue weighted by molar-refractivity contribution is 7.99. The lowest BCUT2D eigenvalue weighted by molar-refractivity contribution is -0.118. The van der Waals surface area contributed by atoms with Crippen LogP contribution in [0.3, 0.4) is 0 Å². The molecular formula is C19H39NO2S. The van der Waals surface area contributed by atoms with Crippen molar-refractivity contribution in [2.75, 3.05) is 18.1 Å². The zero-order valence-electron chi connectivity index (χ0n) is 15.4. The number of carbonyl (C=O) groups is 1. The Hall–Kier alpha value is -0.220. The molecule has 2 N–H and O–H groups in total. The van der Waals surface area contributed by atoms with Gasteiger partial charge in [-0.3, -0.25) is 4.79 Å². The van der Waals surface area contributed by atoms with E-state index in [-0.39, 0.29) is 5.91 Å². The van der Waals surface area contributed by atoms with E-state index in [0.29, 0.717) is 12.3 Å². The molecular weight excluding hydrogens is 306 g/mol. The number of unbranched alkanes of at least 4 members (excludes halogenated alkanes) is 11. The third-order valence-corrected chi connectivity index (χ3v) is 5.01. The Morgan fingerprint density at radius 1 is 0.913 bits per heavy atom. The minimum atomic E-state index is -0.458. The van der Waals surface area contributed by atoms with Crippen molar-refractivity contribution in [2.45, 2.75) is 97.0 Å². The second kappa shape index (κ2) is 18.1. The van der Waals surface area contributed by atoms with Gasteiger partial charge in [0.1, 0.15) is 0 Å². The van der Waals surface area contributed by atoms with Gasteiger partial charge >= 0.3 is 0 Å². The van der Waals surface area contributed by atoms with Crippen LogP contribution in [0.2, 0.25) is 0 Å². The van der Waals surface area contributed by atoms with Crippen LogP contribution in [0.1, 0.15) is 90.9 Å². The first kappa shape index (κ1) is 22.8. The highest BCUT2D eigenvalue weighted by Gasteiger charge is 2.02. The lowest BCUT2D eigenvalue weighted by Crippen LogP contribution is -2.31. The van der Waals surface area contributed by atoms with Gasteiger partial charge in [0.15, 0.2) is 0 Å². The monoisotopic (exact) mass is 345 g/mol. The molecule has 0 aromatic carbocycles. The maximum Gasteiger partial charge on any atom is 0.230 e. The van der Waals surface area contributed by atoms with Crippen LogP contribution in [-0.4, -0.2) is 35.2 Å². The number of nitrogens with one attached hydrogen (secondary N) is 1. The normalized spacial score (nSPS) is 12.3. The highest BCUT2D eigenvalue weighted by atomic mass is 32.2. The van der Waals surface area contributed by atoms with E-state index in [2.05, 4.69) is 12.2 Å².